The standard InChI is InChI=1S/C11H25NO3Si2/c1-10-11(13)12(9-17(5,6)15-10)7-8-14-16(2,3)4/h10H,7-9H2,1-6H3. The molecule has 1 saturated heterocycles. The van der Waals surface area contributed by atoms with E-state index in [2.05, 4.69) is 32.7 Å². The van der Waals surface area contributed by atoms with Gasteiger partial charge < -0.3 is 13.8 Å². The zero-order valence-corrected chi connectivity index (χ0v) is 13.9. The Balaban J connectivity index is 2.49. The largest absolute Gasteiger partial charge is 0.416 e. The molecular weight excluding hydrogens is 250 g/mol. The minimum atomic E-state index is -1.69. The maximum absolute atomic E-state index is 11.9. The number of carbonyl (C=O) groups excluding carboxylic acids is 1. The summed E-state index contributed by atoms with van der Waals surface area (Å²) >= 11 is 0. The second-order valence-corrected chi connectivity index (χ2v) is 14.8. The van der Waals surface area contributed by atoms with Gasteiger partial charge in [-0.15, -0.1) is 0 Å². The van der Waals surface area contributed by atoms with Crippen molar-refractivity contribution >= 4 is 22.5 Å². The van der Waals surface area contributed by atoms with Crippen LogP contribution >= 0.6 is 0 Å². The van der Waals surface area contributed by atoms with Crippen molar-refractivity contribution in [1.29, 1.82) is 0 Å². The molecule has 1 fully saturated rings. The van der Waals surface area contributed by atoms with Crippen LogP contribution in [-0.2, 0) is 13.6 Å². The number of rotatable bonds is 4. The SMILES string of the molecule is CC1O[Si](C)(C)CN(CCO[Si](C)(C)C)C1=O. The molecule has 1 amide bonds. The fourth-order valence-corrected chi connectivity index (χ4v) is 5.08. The average Bonchev–Trinajstić information content (AvgIpc) is 2.10. The minimum absolute atomic E-state index is 0.107. The van der Waals surface area contributed by atoms with Gasteiger partial charge in [-0.1, -0.05) is 0 Å². The van der Waals surface area contributed by atoms with Crippen molar-refractivity contribution < 1.29 is 13.6 Å². The first-order chi connectivity index (χ1) is 7.61. The molecule has 0 aromatic heterocycles. The molecule has 1 atom stereocenters. The summed E-state index contributed by atoms with van der Waals surface area (Å²) in [6.07, 6.45) is 0.503. The summed E-state index contributed by atoms with van der Waals surface area (Å²) in [7, 11) is -3.17. The van der Waals surface area contributed by atoms with E-state index in [1.54, 1.807) is 0 Å². The van der Waals surface area contributed by atoms with Crippen molar-refractivity contribution in [2.75, 3.05) is 19.3 Å². The highest BCUT2D eigenvalue weighted by Gasteiger charge is 2.38. The van der Waals surface area contributed by atoms with Gasteiger partial charge >= 0.3 is 0 Å². The van der Waals surface area contributed by atoms with Gasteiger partial charge in [0.25, 0.3) is 0 Å². The number of hydrogen-bond donors (Lipinski definition) is 0. The molecule has 6 heteroatoms. The zero-order chi connectivity index (χ0) is 13.3. The van der Waals surface area contributed by atoms with E-state index in [0.717, 1.165) is 6.17 Å². The second kappa shape index (κ2) is 5.21. The molecule has 1 aliphatic heterocycles. The lowest BCUT2D eigenvalue weighted by atomic mass is 10.3. The van der Waals surface area contributed by atoms with Gasteiger partial charge in [0, 0.05) is 12.7 Å². The fraction of sp³-hybridized carbons (Fsp3) is 0.909. The summed E-state index contributed by atoms with van der Waals surface area (Å²) in [4.78, 5) is 13.9. The molecular formula is C11H25NO3Si2. The summed E-state index contributed by atoms with van der Waals surface area (Å²) in [6.45, 7) is 14.0. The predicted octanol–water partition coefficient (Wildman–Crippen LogP) is 1.83. The molecule has 1 aliphatic rings. The molecule has 0 N–H and O–H groups in total. The van der Waals surface area contributed by atoms with Gasteiger partial charge in [-0.3, -0.25) is 4.79 Å². The molecule has 0 spiro atoms. The van der Waals surface area contributed by atoms with E-state index in [1.165, 1.54) is 0 Å². The van der Waals surface area contributed by atoms with Crippen LogP contribution in [0.25, 0.3) is 0 Å². The van der Waals surface area contributed by atoms with E-state index >= 15 is 0 Å². The van der Waals surface area contributed by atoms with Crippen LogP contribution < -0.4 is 0 Å². The Hall–Kier alpha value is -0.176. The molecule has 0 aromatic carbocycles. The van der Waals surface area contributed by atoms with Crippen LogP contribution in [0.4, 0.5) is 0 Å². The molecule has 0 aliphatic carbocycles. The Morgan fingerprint density at radius 1 is 1.47 bits per heavy atom. The highest BCUT2D eigenvalue weighted by atomic mass is 28.4. The summed E-state index contributed by atoms with van der Waals surface area (Å²) < 4.78 is 11.6. The summed E-state index contributed by atoms with van der Waals surface area (Å²) in [6, 6.07) is 0. The number of hydrogen-bond acceptors (Lipinski definition) is 3. The quantitative estimate of drug-likeness (QED) is 0.735. The zero-order valence-electron chi connectivity index (χ0n) is 11.9. The normalized spacial score (nSPS) is 25.2. The van der Waals surface area contributed by atoms with Crippen LogP contribution in [0.3, 0.4) is 0 Å². The monoisotopic (exact) mass is 275 g/mol. The third kappa shape index (κ3) is 4.91. The minimum Gasteiger partial charge on any atom is -0.416 e. The Labute approximate surface area is 107 Å². The molecule has 0 aromatic rings. The topological polar surface area (TPSA) is 38.8 Å². The third-order valence-corrected chi connectivity index (χ3v) is 5.83. The Morgan fingerprint density at radius 3 is 2.59 bits per heavy atom. The molecule has 0 bridgehead atoms. The molecule has 1 heterocycles. The van der Waals surface area contributed by atoms with Crippen LogP contribution in [0.5, 0.6) is 0 Å². The van der Waals surface area contributed by atoms with Gasteiger partial charge in [-0.05, 0) is 39.7 Å². The van der Waals surface area contributed by atoms with E-state index < -0.39 is 16.6 Å². The lowest BCUT2D eigenvalue weighted by molar-refractivity contribution is -0.140. The summed E-state index contributed by atoms with van der Waals surface area (Å²) in [5, 5.41) is 0. The number of nitrogens with zero attached hydrogens (tertiary/aromatic N) is 1. The Kier molecular flexibility index (Phi) is 4.56. The Morgan fingerprint density at radius 2 is 2.06 bits per heavy atom. The second-order valence-electron chi connectivity index (χ2n) is 6.24. The predicted molar refractivity (Wildman–Crippen MR) is 73.9 cm³/mol. The van der Waals surface area contributed by atoms with Gasteiger partial charge in [0.05, 0.1) is 6.61 Å². The molecule has 100 valence electrons. The lowest BCUT2D eigenvalue weighted by Crippen LogP contribution is -2.59. The maximum Gasteiger partial charge on any atom is 0.250 e. The maximum atomic E-state index is 11.9. The van der Waals surface area contributed by atoms with Crippen LogP contribution in [-0.4, -0.2) is 52.9 Å². The van der Waals surface area contributed by atoms with Crippen LogP contribution in [0.15, 0.2) is 0 Å². The summed E-state index contributed by atoms with van der Waals surface area (Å²) in [5.41, 5.74) is 0. The van der Waals surface area contributed by atoms with E-state index in [9.17, 15) is 4.79 Å². The third-order valence-electron chi connectivity index (χ3n) is 2.62. The molecule has 0 saturated carbocycles. The molecule has 0 radical (unpaired) electrons. The van der Waals surface area contributed by atoms with E-state index in [0.29, 0.717) is 13.2 Å². The van der Waals surface area contributed by atoms with Crippen molar-refractivity contribution in [3.63, 3.8) is 0 Å². The summed E-state index contributed by atoms with van der Waals surface area (Å²) in [5.74, 6) is 0.107. The smallest absolute Gasteiger partial charge is 0.250 e. The fourth-order valence-electron chi connectivity index (χ4n) is 2.01. The van der Waals surface area contributed by atoms with Crippen molar-refractivity contribution in [2.24, 2.45) is 0 Å². The van der Waals surface area contributed by atoms with Crippen molar-refractivity contribution in [3.8, 4) is 0 Å². The molecule has 17 heavy (non-hydrogen) atoms. The van der Waals surface area contributed by atoms with Gasteiger partial charge in [0.2, 0.25) is 14.2 Å². The first kappa shape index (κ1) is 14.9. The van der Waals surface area contributed by atoms with Crippen LogP contribution in [0.1, 0.15) is 6.92 Å². The number of carbonyl (C=O) groups is 1. The van der Waals surface area contributed by atoms with Crippen molar-refractivity contribution in [1.82, 2.24) is 4.90 Å². The van der Waals surface area contributed by atoms with E-state index in [1.807, 2.05) is 11.8 Å². The van der Waals surface area contributed by atoms with Gasteiger partial charge in [-0.2, -0.15) is 0 Å². The van der Waals surface area contributed by atoms with Crippen LogP contribution in [0.2, 0.25) is 32.7 Å². The van der Waals surface area contributed by atoms with Crippen LogP contribution in [0, 0.1) is 0 Å². The molecule has 1 rings (SSSR count). The van der Waals surface area contributed by atoms with Crippen molar-refractivity contribution in [2.45, 2.75) is 45.8 Å². The van der Waals surface area contributed by atoms with Gasteiger partial charge in [0.15, 0.2) is 8.32 Å². The number of amides is 1. The highest BCUT2D eigenvalue weighted by molar-refractivity contribution is 6.72. The van der Waals surface area contributed by atoms with E-state index in [-0.39, 0.29) is 12.0 Å². The average molecular weight is 275 g/mol. The molecule has 1 unspecified atom stereocenters. The first-order valence-electron chi connectivity index (χ1n) is 6.21. The van der Waals surface area contributed by atoms with Gasteiger partial charge in [-0.25, -0.2) is 0 Å². The van der Waals surface area contributed by atoms with Gasteiger partial charge in [0.1, 0.15) is 6.10 Å². The highest BCUT2D eigenvalue weighted by Crippen LogP contribution is 2.18. The van der Waals surface area contributed by atoms with Crippen molar-refractivity contribution in [3.05, 3.63) is 0 Å². The first-order valence-corrected chi connectivity index (χ1v) is 12.7. The lowest BCUT2D eigenvalue weighted by Gasteiger charge is -2.40. The van der Waals surface area contributed by atoms with E-state index in [4.69, 9.17) is 8.85 Å². The molecule has 4 nitrogen and oxygen atoms in total. The Bertz CT molecular complexity index is 289.